The number of alkyl halides is 3. The Morgan fingerprint density at radius 2 is 1.52 bits per heavy atom. The minimum absolute atomic E-state index is 0.126. The number of benzene rings is 2. The van der Waals surface area contributed by atoms with E-state index in [0.29, 0.717) is 11.4 Å². The van der Waals surface area contributed by atoms with E-state index in [9.17, 15) is 27.6 Å². The standard InChI is InChI=1S/C20H21F3N4O4/c1-19(2,25-18(30)31-3)17(29)27-26-16(28)14-6-4-5-7-15(14)24-13-10-8-12(9-11-13)20(21,22)23/h4-11,24H,1-3H3,(H,25,30)(H,26,28)(H,27,29). The molecule has 0 aromatic heterocycles. The molecule has 31 heavy (non-hydrogen) atoms. The Morgan fingerprint density at radius 3 is 2.10 bits per heavy atom. The lowest BCUT2D eigenvalue weighted by Crippen LogP contribution is -2.58. The number of para-hydroxylation sites is 1. The van der Waals surface area contributed by atoms with Gasteiger partial charge in [0, 0.05) is 5.69 Å². The smallest absolute Gasteiger partial charge is 0.416 e. The normalized spacial score (nSPS) is 11.3. The topological polar surface area (TPSA) is 109 Å². The van der Waals surface area contributed by atoms with Crippen LogP contribution in [0.3, 0.4) is 0 Å². The number of alkyl carbamates (subject to hydrolysis) is 1. The van der Waals surface area contributed by atoms with Crippen molar-refractivity contribution in [3.8, 4) is 0 Å². The molecule has 0 aliphatic carbocycles. The van der Waals surface area contributed by atoms with Gasteiger partial charge in [-0.05, 0) is 50.2 Å². The predicted molar refractivity (Wildman–Crippen MR) is 106 cm³/mol. The Hall–Kier alpha value is -3.76. The molecule has 0 aliphatic rings. The van der Waals surface area contributed by atoms with Crippen LogP contribution in [-0.4, -0.2) is 30.6 Å². The first-order valence-corrected chi connectivity index (χ1v) is 8.94. The fraction of sp³-hybridized carbons (Fsp3) is 0.250. The summed E-state index contributed by atoms with van der Waals surface area (Å²) in [7, 11) is 1.14. The number of ether oxygens (including phenoxy) is 1. The van der Waals surface area contributed by atoms with E-state index in [1.54, 1.807) is 18.2 Å². The van der Waals surface area contributed by atoms with E-state index in [4.69, 9.17) is 0 Å². The van der Waals surface area contributed by atoms with Crippen LogP contribution in [0.1, 0.15) is 29.8 Å². The summed E-state index contributed by atoms with van der Waals surface area (Å²) in [5, 5.41) is 5.18. The lowest BCUT2D eigenvalue weighted by atomic mass is 10.1. The van der Waals surface area contributed by atoms with Gasteiger partial charge < -0.3 is 15.4 Å². The summed E-state index contributed by atoms with van der Waals surface area (Å²) < 4.78 is 42.5. The third-order valence-corrected chi connectivity index (χ3v) is 4.12. The van der Waals surface area contributed by atoms with E-state index in [2.05, 4.69) is 26.2 Å². The maximum absolute atomic E-state index is 12.7. The lowest BCUT2D eigenvalue weighted by molar-refractivity contribution is -0.137. The van der Waals surface area contributed by atoms with Crippen molar-refractivity contribution < 1.29 is 32.3 Å². The average Bonchev–Trinajstić information content (AvgIpc) is 2.71. The Labute approximate surface area is 176 Å². The van der Waals surface area contributed by atoms with Gasteiger partial charge in [0.2, 0.25) is 0 Å². The molecule has 2 aromatic carbocycles. The molecule has 3 amide bonds. The SMILES string of the molecule is COC(=O)NC(C)(C)C(=O)NNC(=O)c1ccccc1Nc1ccc(C(F)(F)F)cc1. The van der Waals surface area contributed by atoms with Crippen molar-refractivity contribution >= 4 is 29.3 Å². The monoisotopic (exact) mass is 438 g/mol. The molecule has 0 radical (unpaired) electrons. The van der Waals surface area contributed by atoms with Crippen molar-refractivity contribution in [1.29, 1.82) is 0 Å². The molecular weight excluding hydrogens is 417 g/mol. The molecular formula is C20H21F3N4O4. The number of carbonyl (C=O) groups excluding carboxylic acids is 3. The zero-order valence-corrected chi connectivity index (χ0v) is 16.9. The highest BCUT2D eigenvalue weighted by atomic mass is 19.4. The zero-order valence-electron chi connectivity index (χ0n) is 16.9. The van der Waals surface area contributed by atoms with E-state index in [1.807, 2.05) is 0 Å². The van der Waals surface area contributed by atoms with Crippen LogP contribution >= 0.6 is 0 Å². The van der Waals surface area contributed by atoms with Crippen LogP contribution < -0.4 is 21.5 Å². The van der Waals surface area contributed by atoms with Gasteiger partial charge in [0.25, 0.3) is 11.8 Å². The molecule has 0 aliphatic heterocycles. The van der Waals surface area contributed by atoms with E-state index >= 15 is 0 Å². The maximum Gasteiger partial charge on any atom is 0.416 e. The van der Waals surface area contributed by atoms with Crippen molar-refractivity contribution in [2.24, 2.45) is 0 Å². The molecule has 0 saturated carbocycles. The van der Waals surface area contributed by atoms with Gasteiger partial charge in [-0.2, -0.15) is 13.2 Å². The molecule has 4 N–H and O–H groups in total. The van der Waals surface area contributed by atoms with Crippen molar-refractivity contribution in [1.82, 2.24) is 16.2 Å². The third-order valence-electron chi connectivity index (χ3n) is 4.12. The summed E-state index contributed by atoms with van der Waals surface area (Å²) in [6, 6.07) is 10.5. The van der Waals surface area contributed by atoms with Crippen LogP contribution in [0.5, 0.6) is 0 Å². The molecule has 0 spiro atoms. The largest absolute Gasteiger partial charge is 0.453 e. The summed E-state index contributed by atoms with van der Waals surface area (Å²) in [5.41, 5.74) is 3.03. The average molecular weight is 438 g/mol. The molecule has 0 fully saturated rings. The number of rotatable bonds is 5. The number of nitrogens with one attached hydrogen (secondary N) is 4. The van der Waals surface area contributed by atoms with Crippen LogP contribution in [0.4, 0.5) is 29.3 Å². The van der Waals surface area contributed by atoms with Gasteiger partial charge in [0.1, 0.15) is 5.54 Å². The van der Waals surface area contributed by atoms with Gasteiger partial charge >= 0.3 is 12.3 Å². The number of anilines is 2. The van der Waals surface area contributed by atoms with Crippen LogP contribution in [0.2, 0.25) is 0 Å². The second-order valence-electron chi connectivity index (χ2n) is 6.90. The minimum atomic E-state index is -4.45. The van der Waals surface area contributed by atoms with Crippen molar-refractivity contribution in [2.75, 3.05) is 12.4 Å². The molecule has 166 valence electrons. The Kier molecular flexibility index (Phi) is 7.11. The Morgan fingerprint density at radius 1 is 0.903 bits per heavy atom. The third kappa shape index (κ3) is 6.36. The molecule has 2 aromatic rings. The highest BCUT2D eigenvalue weighted by molar-refractivity contribution is 6.01. The lowest BCUT2D eigenvalue weighted by Gasteiger charge is -2.24. The quantitative estimate of drug-likeness (QED) is 0.536. The highest BCUT2D eigenvalue weighted by Gasteiger charge is 2.31. The molecule has 0 bridgehead atoms. The highest BCUT2D eigenvalue weighted by Crippen LogP contribution is 2.30. The molecule has 0 unspecified atom stereocenters. The fourth-order valence-electron chi connectivity index (χ4n) is 2.39. The van der Waals surface area contributed by atoms with E-state index in [1.165, 1.54) is 32.0 Å². The molecule has 2 rings (SSSR count). The van der Waals surface area contributed by atoms with Gasteiger partial charge in [-0.1, -0.05) is 12.1 Å². The predicted octanol–water partition coefficient (Wildman–Crippen LogP) is 3.34. The molecule has 11 heteroatoms. The second-order valence-corrected chi connectivity index (χ2v) is 6.90. The second kappa shape index (κ2) is 9.37. The number of halogens is 3. The summed E-state index contributed by atoms with van der Waals surface area (Å²) in [6.07, 6.45) is -5.28. The van der Waals surface area contributed by atoms with E-state index < -0.39 is 35.2 Å². The number of amides is 3. The van der Waals surface area contributed by atoms with E-state index in [0.717, 1.165) is 19.2 Å². The molecule has 0 atom stereocenters. The molecule has 8 nitrogen and oxygen atoms in total. The first kappa shape index (κ1) is 23.5. The van der Waals surface area contributed by atoms with Gasteiger partial charge in [0.05, 0.1) is 23.9 Å². The Bertz CT molecular complexity index is 960. The maximum atomic E-state index is 12.7. The summed E-state index contributed by atoms with van der Waals surface area (Å²) in [5.74, 6) is -1.39. The first-order valence-electron chi connectivity index (χ1n) is 8.94. The number of hydrogen-bond acceptors (Lipinski definition) is 5. The summed E-state index contributed by atoms with van der Waals surface area (Å²) in [4.78, 5) is 36.1. The minimum Gasteiger partial charge on any atom is -0.453 e. The zero-order chi connectivity index (χ0) is 23.2. The van der Waals surface area contributed by atoms with Gasteiger partial charge in [-0.15, -0.1) is 0 Å². The summed E-state index contributed by atoms with van der Waals surface area (Å²) in [6.45, 7) is 2.82. The number of carbonyl (C=O) groups is 3. The summed E-state index contributed by atoms with van der Waals surface area (Å²) >= 11 is 0. The van der Waals surface area contributed by atoms with Crippen molar-refractivity contribution in [2.45, 2.75) is 25.6 Å². The molecule has 0 saturated heterocycles. The van der Waals surface area contributed by atoms with Gasteiger partial charge in [-0.3, -0.25) is 20.4 Å². The van der Waals surface area contributed by atoms with Crippen LogP contribution in [0, 0.1) is 0 Å². The fourth-order valence-corrected chi connectivity index (χ4v) is 2.39. The van der Waals surface area contributed by atoms with Crippen molar-refractivity contribution in [3.63, 3.8) is 0 Å². The number of hydrogen-bond donors (Lipinski definition) is 4. The van der Waals surface area contributed by atoms with Crippen LogP contribution in [0.25, 0.3) is 0 Å². The van der Waals surface area contributed by atoms with Crippen LogP contribution in [-0.2, 0) is 15.7 Å². The first-order chi connectivity index (χ1) is 14.4. The van der Waals surface area contributed by atoms with Crippen molar-refractivity contribution in [3.05, 3.63) is 59.7 Å². The van der Waals surface area contributed by atoms with E-state index in [-0.39, 0.29) is 5.56 Å². The van der Waals surface area contributed by atoms with Crippen LogP contribution in [0.15, 0.2) is 48.5 Å². The van der Waals surface area contributed by atoms with Gasteiger partial charge in [-0.25, -0.2) is 4.79 Å². The number of methoxy groups -OCH3 is 1. The van der Waals surface area contributed by atoms with Gasteiger partial charge in [0.15, 0.2) is 0 Å². The number of hydrazine groups is 1. The Balaban J connectivity index is 2.08. The molecule has 0 heterocycles.